The van der Waals surface area contributed by atoms with Gasteiger partial charge in [-0.2, -0.15) is 22.0 Å². The third kappa shape index (κ3) is 2.96. The van der Waals surface area contributed by atoms with Gasteiger partial charge in [-0.1, -0.05) is 0 Å². The highest BCUT2D eigenvalue weighted by Crippen LogP contribution is 2.38. The highest BCUT2D eigenvalue weighted by molar-refractivity contribution is 5.04. The van der Waals surface area contributed by atoms with E-state index in [1.54, 1.807) is 0 Å². The SMILES string of the molecule is OC(F)(F)[C](CF)C(F)(F)F. The Bertz CT molecular complexity index is 110. The van der Waals surface area contributed by atoms with Crippen LogP contribution in [0.2, 0.25) is 0 Å². The van der Waals surface area contributed by atoms with E-state index in [0.29, 0.717) is 0 Å². The molecule has 0 aliphatic heterocycles. The van der Waals surface area contributed by atoms with Crippen LogP contribution in [-0.4, -0.2) is 24.1 Å². The van der Waals surface area contributed by atoms with Crippen LogP contribution in [0.4, 0.5) is 26.3 Å². The maximum atomic E-state index is 11.4. The van der Waals surface area contributed by atoms with Crippen LogP contribution in [0.3, 0.4) is 0 Å². The fourth-order valence-electron chi connectivity index (χ4n) is 0.327. The summed E-state index contributed by atoms with van der Waals surface area (Å²) < 4.78 is 68.0. The number of halogens is 6. The molecule has 0 aromatic heterocycles. The maximum absolute atomic E-state index is 11.4. The van der Waals surface area contributed by atoms with Crippen LogP contribution < -0.4 is 0 Å². The van der Waals surface area contributed by atoms with Crippen molar-refractivity contribution >= 4 is 0 Å². The van der Waals surface area contributed by atoms with Crippen molar-refractivity contribution in [2.75, 3.05) is 6.67 Å². The predicted molar refractivity (Wildman–Crippen MR) is 22.4 cm³/mol. The van der Waals surface area contributed by atoms with Crippen molar-refractivity contribution in [1.29, 1.82) is 0 Å². The van der Waals surface area contributed by atoms with Gasteiger partial charge < -0.3 is 5.11 Å². The molecule has 0 bridgehead atoms. The van der Waals surface area contributed by atoms with E-state index in [-0.39, 0.29) is 0 Å². The Morgan fingerprint density at radius 1 is 1.09 bits per heavy atom. The molecule has 0 unspecified atom stereocenters. The standard InChI is InChI=1S/C4H3F6O/c5-1-2(3(6,7)8)4(9,10)11/h11H,1H2. The molecule has 67 valence electrons. The second kappa shape index (κ2) is 2.88. The van der Waals surface area contributed by atoms with Crippen molar-refractivity contribution in [1.82, 2.24) is 0 Å². The fourth-order valence-corrected chi connectivity index (χ4v) is 0.327. The minimum absolute atomic E-state index is 2.42. The lowest BCUT2D eigenvalue weighted by atomic mass is 10.1. The lowest BCUT2D eigenvalue weighted by Crippen LogP contribution is -2.38. The number of rotatable bonds is 2. The summed E-state index contributed by atoms with van der Waals surface area (Å²) in [5.41, 5.74) is 0. The highest BCUT2D eigenvalue weighted by Gasteiger charge is 2.56. The van der Waals surface area contributed by atoms with Gasteiger partial charge >= 0.3 is 12.3 Å². The first-order valence-corrected chi connectivity index (χ1v) is 2.29. The summed E-state index contributed by atoms with van der Waals surface area (Å²) in [6.07, 6.45) is -10.6. The molecule has 0 rings (SSSR count). The van der Waals surface area contributed by atoms with Crippen LogP contribution in [0.15, 0.2) is 0 Å². The van der Waals surface area contributed by atoms with E-state index in [4.69, 9.17) is 5.11 Å². The van der Waals surface area contributed by atoms with E-state index in [1.807, 2.05) is 0 Å². The van der Waals surface area contributed by atoms with Crippen LogP contribution in [-0.2, 0) is 0 Å². The second-order valence-corrected chi connectivity index (χ2v) is 1.65. The molecule has 0 atom stereocenters. The van der Waals surface area contributed by atoms with Crippen molar-refractivity contribution in [2.45, 2.75) is 12.3 Å². The average molecular weight is 181 g/mol. The molecule has 0 aliphatic rings. The third-order valence-corrected chi connectivity index (χ3v) is 0.839. The summed E-state index contributed by atoms with van der Waals surface area (Å²) >= 11 is 0. The minimum Gasteiger partial charge on any atom is -0.336 e. The quantitative estimate of drug-likeness (QED) is 0.642. The molecule has 1 N–H and O–H groups in total. The Labute approximate surface area is 57.6 Å². The molecule has 0 aromatic rings. The van der Waals surface area contributed by atoms with Crippen molar-refractivity contribution in [3.63, 3.8) is 0 Å². The molecule has 11 heavy (non-hydrogen) atoms. The zero-order valence-corrected chi connectivity index (χ0v) is 4.92. The second-order valence-electron chi connectivity index (χ2n) is 1.65. The van der Waals surface area contributed by atoms with E-state index in [0.717, 1.165) is 0 Å². The van der Waals surface area contributed by atoms with Crippen molar-refractivity contribution < 1.29 is 31.4 Å². The first kappa shape index (κ1) is 10.5. The molecule has 7 heteroatoms. The topological polar surface area (TPSA) is 20.2 Å². The summed E-state index contributed by atoms with van der Waals surface area (Å²) in [7, 11) is 0. The number of alkyl halides is 6. The summed E-state index contributed by atoms with van der Waals surface area (Å²) in [6, 6.07) is 0. The average Bonchev–Trinajstić information content (AvgIpc) is 1.56. The highest BCUT2D eigenvalue weighted by atomic mass is 19.4. The van der Waals surface area contributed by atoms with Gasteiger partial charge in [-0.15, -0.1) is 0 Å². The van der Waals surface area contributed by atoms with Gasteiger partial charge in [0.05, 0.1) is 0 Å². The van der Waals surface area contributed by atoms with E-state index in [9.17, 15) is 26.3 Å². The monoisotopic (exact) mass is 181 g/mol. The largest absolute Gasteiger partial charge is 0.406 e. The van der Waals surface area contributed by atoms with E-state index in [2.05, 4.69) is 0 Å². The molecule has 1 nitrogen and oxygen atoms in total. The van der Waals surface area contributed by atoms with E-state index >= 15 is 0 Å². The maximum Gasteiger partial charge on any atom is 0.406 e. The molecule has 0 saturated heterocycles. The Balaban J connectivity index is 4.43. The van der Waals surface area contributed by atoms with Gasteiger partial charge in [0.25, 0.3) is 0 Å². The molecule has 0 aromatic carbocycles. The van der Waals surface area contributed by atoms with Gasteiger partial charge in [-0.25, -0.2) is 4.39 Å². The van der Waals surface area contributed by atoms with Crippen LogP contribution in [0, 0.1) is 5.92 Å². The van der Waals surface area contributed by atoms with Crippen LogP contribution in [0.5, 0.6) is 0 Å². The lowest BCUT2D eigenvalue weighted by molar-refractivity contribution is -0.246. The number of aliphatic hydroxyl groups is 1. The molecule has 0 saturated carbocycles. The summed E-state index contributed by atoms with van der Waals surface area (Å²) in [5.74, 6) is -2.79. The smallest absolute Gasteiger partial charge is 0.336 e. The Hall–Kier alpha value is -0.460. The molecule has 0 amide bonds. The third-order valence-electron chi connectivity index (χ3n) is 0.839. The molecule has 0 heterocycles. The van der Waals surface area contributed by atoms with Gasteiger partial charge in [0.1, 0.15) is 6.67 Å². The predicted octanol–water partition coefficient (Wildman–Crippen LogP) is 1.68. The van der Waals surface area contributed by atoms with Gasteiger partial charge in [0.2, 0.25) is 5.92 Å². The first-order chi connectivity index (χ1) is 4.69. The molecule has 0 aliphatic carbocycles. The van der Waals surface area contributed by atoms with E-state index in [1.165, 1.54) is 0 Å². The van der Waals surface area contributed by atoms with Crippen molar-refractivity contribution in [2.24, 2.45) is 0 Å². The molecule has 0 fully saturated rings. The van der Waals surface area contributed by atoms with Crippen LogP contribution in [0.1, 0.15) is 0 Å². The van der Waals surface area contributed by atoms with Crippen molar-refractivity contribution in [3.8, 4) is 0 Å². The van der Waals surface area contributed by atoms with Crippen molar-refractivity contribution in [3.05, 3.63) is 5.92 Å². The van der Waals surface area contributed by atoms with Crippen LogP contribution in [0.25, 0.3) is 0 Å². The number of hydrogen-bond donors (Lipinski definition) is 1. The normalized spacial score (nSPS) is 14.2. The Morgan fingerprint density at radius 2 is 1.45 bits per heavy atom. The Morgan fingerprint density at radius 3 is 1.45 bits per heavy atom. The van der Waals surface area contributed by atoms with Gasteiger partial charge in [-0.05, 0) is 0 Å². The summed E-state index contributed by atoms with van der Waals surface area (Å²) in [6.45, 7) is -2.42. The fraction of sp³-hybridized carbons (Fsp3) is 0.750. The summed E-state index contributed by atoms with van der Waals surface area (Å²) in [5, 5.41) is 7.48. The molecular formula is C4H3F6O. The number of hydrogen-bond acceptors (Lipinski definition) is 1. The minimum atomic E-state index is -5.51. The summed E-state index contributed by atoms with van der Waals surface area (Å²) in [4.78, 5) is 0. The van der Waals surface area contributed by atoms with Gasteiger partial charge in [0, 0.05) is 0 Å². The first-order valence-electron chi connectivity index (χ1n) is 2.29. The van der Waals surface area contributed by atoms with Crippen LogP contribution >= 0.6 is 0 Å². The molecule has 1 radical (unpaired) electrons. The zero-order valence-electron chi connectivity index (χ0n) is 4.92. The zero-order chi connectivity index (χ0) is 9.28. The van der Waals surface area contributed by atoms with Gasteiger partial charge in [0.15, 0.2) is 0 Å². The molecular weight excluding hydrogens is 178 g/mol. The Kier molecular flexibility index (Phi) is 2.76. The lowest BCUT2D eigenvalue weighted by Gasteiger charge is -2.20. The van der Waals surface area contributed by atoms with Gasteiger partial charge in [-0.3, -0.25) is 0 Å². The van der Waals surface area contributed by atoms with E-state index < -0.39 is 24.9 Å². The molecule has 0 spiro atoms.